The molecule has 0 heterocycles. The highest BCUT2D eigenvalue weighted by molar-refractivity contribution is 9.10. The summed E-state index contributed by atoms with van der Waals surface area (Å²) in [5, 5.41) is 1.37. The van der Waals surface area contributed by atoms with Crippen LogP contribution in [-0.4, -0.2) is 0 Å². The third kappa shape index (κ3) is 2.85. The summed E-state index contributed by atoms with van der Waals surface area (Å²) in [5.41, 5.74) is 4.26. The smallest absolute Gasteiger partial charge is 0.0253 e. The topological polar surface area (TPSA) is 0 Å². The predicted octanol–water partition coefficient (Wildman–Crippen LogP) is 5.66. The van der Waals surface area contributed by atoms with Gasteiger partial charge in [-0.15, -0.1) is 9.24 Å². The lowest BCUT2D eigenvalue weighted by atomic mass is 9.81. The van der Waals surface area contributed by atoms with Crippen molar-refractivity contribution in [1.29, 1.82) is 0 Å². The van der Waals surface area contributed by atoms with E-state index in [-0.39, 0.29) is 0 Å². The molecule has 1 atom stereocenters. The summed E-state index contributed by atoms with van der Waals surface area (Å²) in [4.78, 5) is 0. The van der Waals surface area contributed by atoms with Crippen LogP contribution in [0.5, 0.6) is 0 Å². The molecule has 0 saturated heterocycles. The number of hydrogen-bond acceptors (Lipinski definition) is 0. The molecule has 1 unspecified atom stereocenters. The van der Waals surface area contributed by atoms with E-state index in [4.69, 9.17) is 0 Å². The Morgan fingerprint density at radius 1 is 0.850 bits per heavy atom. The molecule has 104 valence electrons. The average molecular weight is 347 g/mol. The van der Waals surface area contributed by atoms with Crippen LogP contribution in [0.1, 0.15) is 43.6 Å². The number of halogens is 1. The highest BCUT2D eigenvalue weighted by Crippen LogP contribution is 2.39. The van der Waals surface area contributed by atoms with Crippen molar-refractivity contribution < 1.29 is 0 Å². The van der Waals surface area contributed by atoms with E-state index >= 15 is 0 Å². The van der Waals surface area contributed by atoms with E-state index in [9.17, 15) is 0 Å². The van der Waals surface area contributed by atoms with Gasteiger partial charge in [-0.25, -0.2) is 0 Å². The first-order chi connectivity index (χ1) is 9.77. The molecule has 0 spiro atoms. The van der Waals surface area contributed by atoms with Gasteiger partial charge in [0.1, 0.15) is 0 Å². The summed E-state index contributed by atoms with van der Waals surface area (Å²) < 4.78 is 1.19. The molecule has 0 bridgehead atoms. The maximum atomic E-state index is 3.71. The van der Waals surface area contributed by atoms with Crippen molar-refractivity contribution in [1.82, 2.24) is 0 Å². The van der Waals surface area contributed by atoms with E-state index < -0.39 is 0 Å². The lowest BCUT2D eigenvalue weighted by Crippen LogP contribution is -2.13. The van der Waals surface area contributed by atoms with E-state index in [1.54, 1.807) is 5.56 Å². The molecule has 3 rings (SSSR count). The van der Waals surface area contributed by atoms with Gasteiger partial charge in [0.05, 0.1) is 0 Å². The van der Waals surface area contributed by atoms with Crippen molar-refractivity contribution in [3.8, 4) is 11.1 Å². The number of rotatable bonds is 2. The van der Waals surface area contributed by atoms with Crippen molar-refractivity contribution in [2.45, 2.75) is 38.0 Å². The molecule has 1 aliphatic rings. The van der Waals surface area contributed by atoms with Crippen LogP contribution < -0.4 is 5.30 Å². The molecule has 0 nitrogen and oxygen atoms in total. The molecule has 0 aromatic heterocycles. The number of hydrogen-bond donors (Lipinski definition) is 0. The third-order valence-electron chi connectivity index (χ3n) is 4.32. The van der Waals surface area contributed by atoms with Crippen LogP contribution in [0.25, 0.3) is 11.1 Å². The SMILES string of the molecule is Pc1cccc(-c2ccccc2Br)c1C1CCCCC1. The molecule has 0 aliphatic heterocycles. The Labute approximate surface area is 132 Å². The highest BCUT2D eigenvalue weighted by atomic mass is 79.9. The molecular formula is C18H20BrP. The zero-order valence-corrected chi connectivity index (χ0v) is 14.4. The minimum absolute atomic E-state index is 0.722. The first kappa shape index (κ1) is 14.3. The van der Waals surface area contributed by atoms with Crippen LogP contribution in [0.4, 0.5) is 0 Å². The Kier molecular flexibility index (Phi) is 4.58. The van der Waals surface area contributed by atoms with Crippen LogP contribution in [0.2, 0.25) is 0 Å². The molecular weight excluding hydrogens is 327 g/mol. The second kappa shape index (κ2) is 6.41. The summed E-state index contributed by atoms with van der Waals surface area (Å²) >= 11 is 3.71. The molecule has 2 aromatic rings. The largest absolute Gasteiger partial charge is 0.105 e. The zero-order valence-electron chi connectivity index (χ0n) is 11.6. The fourth-order valence-corrected chi connectivity index (χ4v) is 4.35. The first-order valence-electron chi connectivity index (χ1n) is 7.40. The van der Waals surface area contributed by atoms with Crippen LogP contribution in [-0.2, 0) is 0 Å². The Bertz CT molecular complexity index is 600. The molecule has 2 heteroatoms. The van der Waals surface area contributed by atoms with Gasteiger partial charge in [-0.05, 0) is 46.8 Å². The predicted molar refractivity (Wildman–Crippen MR) is 94.7 cm³/mol. The minimum Gasteiger partial charge on any atom is -0.105 e. The fourth-order valence-electron chi connectivity index (χ4n) is 3.34. The van der Waals surface area contributed by atoms with Gasteiger partial charge in [0.2, 0.25) is 0 Å². The maximum Gasteiger partial charge on any atom is 0.0253 e. The Hall–Kier alpha value is -0.650. The van der Waals surface area contributed by atoms with E-state index in [1.807, 2.05) is 0 Å². The molecule has 1 fully saturated rings. The highest BCUT2D eigenvalue weighted by Gasteiger charge is 2.21. The van der Waals surface area contributed by atoms with E-state index in [0.29, 0.717) is 0 Å². The van der Waals surface area contributed by atoms with E-state index in [1.165, 1.54) is 53.0 Å². The summed E-state index contributed by atoms with van der Waals surface area (Å²) in [5.74, 6) is 0.722. The molecule has 1 aliphatic carbocycles. The zero-order chi connectivity index (χ0) is 13.9. The molecule has 0 N–H and O–H groups in total. The Balaban J connectivity index is 2.11. The van der Waals surface area contributed by atoms with Crippen LogP contribution in [0.3, 0.4) is 0 Å². The Morgan fingerprint density at radius 2 is 1.55 bits per heavy atom. The summed E-state index contributed by atoms with van der Waals surface area (Å²) in [6, 6.07) is 15.2. The number of benzene rings is 2. The van der Waals surface area contributed by atoms with Crippen molar-refractivity contribution in [2.24, 2.45) is 0 Å². The summed E-state index contributed by atoms with van der Waals surface area (Å²) in [7, 11) is 2.94. The van der Waals surface area contributed by atoms with Gasteiger partial charge in [-0.3, -0.25) is 0 Å². The van der Waals surface area contributed by atoms with Gasteiger partial charge in [-0.1, -0.05) is 71.6 Å². The quantitative estimate of drug-likeness (QED) is 0.615. The van der Waals surface area contributed by atoms with Gasteiger partial charge in [0.15, 0.2) is 0 Å². The molecule has 20 heavy (non-hydrogen) atoms. The Morgan fingerprint density at radius 3 is 2.30 bits per heavy atom. The first-order valence-corrected chi connectivity index (χ1v) is 8.77. The van der Waals surface area contributed by atoms with Gasteiger partial charge in [0, 0.05) is 4.47 Å². The molecule has 2 aromatic carbocycles. The van der Waals surface area contributed by atoms with Crippen molar-refractivity contribution in [2.75, 3.05) is 0 Å². The second-order valence-electron chi connectivity index (χ2n) is 5.62. The van der Waals surface area contributed by atoms with Gasteiger partial charge >= 0.3 is 0 Å². The van der Waals surface area contributed by atoms with E-state index in [2.05, 4.69) is 67.6 Å². The lowest BCUT2D eigenvalue weighted by molar-refractivity contribution is 0.445. The molecule has 0 radical (unpaired) electrons. The normalized spacial score (nSPS) is 16.3. The van der Waals surface area contributed by atoms with Crippen molar-refractivity contribution >= 4 is 30.5 Å². The monoisotopic (exact) mass is 346 g/mol. The third-order valence-corrected chi connectivity index (χ3v) is 5.51. The van der Waals surface area contributed by atoms with Crippen molar-refractivity contribution in [3.63, 3.8) is 0 Å². The van der Waals surface area contributed by atoms with Gasteiger partial charge < -0.3 is 0 Å². The average Bonchev–Trinajstić information content (AvgIpc) is 2.48. The summed E-state index contributed by atoms with van der Waals surface area (Å²) in [6.07, 6.45) is 6.82. The maximum absolute atomic E-state index is 3.71. The summed E-state index contributed by atoms with van der Waals surface area (Å²) in [6.45, 7) is 0. The minimum atomic E-state index is 0.722. The van der Waals surface area contributed by atoms with Crippen LogP contribution in [0, 0.1) is 0 Å². The van der Waals surface area contributed by atoms with Gasteiger partial charge in [0.25, 0.3) is 0 Å². The van der Waals surface area contributed by atoms with E-state index in [0.717, 1.165) is 5.92 Å². The van der Waals surface area contributed by atoms with Gasteiger partial charge in [-0.2, -0.15) is 0 Å². The molecule has 0 amide bonds. The van der Waals surface area contributed by atoms with Crippen molar-refractivity contribution in [3.05, 3.63) is 52.5 Å². The fraction of sp³-hybridized carbons (Fsp3) is 0.333. The second-order valence-corrected chi connectivity index (χ2v) is 7.10. The molecule has 1 saturated carbocycles. The van der Waals surface area contributed by atoms with Crippen LogP contribution >= 0.6 is 25.2 Å². The standard InChI is InChI=1S/C18H20BrP/c19-16-11-5-4-9-14(16)15-10-6-12-17(20)18(15)13-7-2-1-3-8-13/h4-6,9-13H,1-3,7-8,20H2. The van der Waals surface area contributed by atoms with Crippen LogP contribution in [0.15, 0.2) is 46.9 Å². The lowest BCUT2D eigenvalue weighted by Gasteiger charge is -2.26.